The van der Waals surface area contributed by atoms with E-state index >= 15 is 14.4 Å². The molecule has 2 saturated heterocycles. The summed E-state index contributed by atoms with van der Waals surface area (Å²) in [6, 6.07) is -2.08. The summed E-state index contributed by atoms with van der Waals surface area (Å²) in [7, 11) is 1.44. The van der Waals surface area contributed by atoms with Gasteiger partial charge in [0.15, 0.2) is 29.9 Å². The zero-order valence-electron chi connectivity index (χ0n) is 56.9. The Morgan fingerprint density at radius 1 is 0.720 bits per heavy atom. The smallest absolute Gasteiger partial charge is 0.471 e. The molecule has 7 aliphatic rings. The first-order valence-corrected chi connectivity index (χ1v) is 33.7. The number of carboxylic acids is 1. The maximum Gasteiger partial charge on any atom is 0.471 e. The van der Waals surface area contributed by atoms with Crippen molar-refractivity contribution in [2.45, 2.75) is 162 Å². The van der Waals surface area contributed by atoms with Crippen molar-refractivity contribution in [3.63, 3.8) is 0 Å². The van der Waals surface area contributed by atoms with E-state index in [1.165, 1.54) is 20.9 Å². The number of carboxylic acid groups (broad SMARTS) is 1. The molecule has 5 aromatic carbocycles. The number of benzene rings is 5. The van der Waals surface area contributed by atoms with Crippen LogP contribution < -0.4 is 68.2 Å². The average molecular weight is 1540 g/mol. The summed E-state index contributed by atoms with van der Waals surface area (Å²) < 4.78 is 79.4. The minimum Gasteiger partial charge on any atom is -0.508 e. The van der Waals surface area contributed by atoms with Crippen molar-refractivity contribution in [1.29, 1.82) is 0 Å². The third kappa shape index (κ3) is 17.4. The van der Waals surface area contributed by atoms with Gasteiger partial charge in [0.1, 0.15) is 89.5 Å². The number of nitrogens with two attached hydrogens (primary N) is 2. The molecule has 12 rings (SSSR count). The van der Waals surface area contributed by atoms with Gasteiger partial charge in [-0.2, -0.15) is 13.2 Å². The van der Waals surface area contributed by atoms with Crippen LogP contribution in [0.2, 0.25) is 10.0 Å². The van der Waals surface area contributed by atoms with Crippen LogP contribution in [0.15, 0.2) is 78.9 Å². The Morgan fingerprint density at radius 3 is 1.90 bits per heavy atom. The molecule has 11 bridgehead atoms. The van der Waals surface area contributed by atoms with Crippen molar-refractivity contribution in [2.24, 2.45) is 17.4 Å². The van der Waals surface area contributed by atoms with Gasteiger partial charge in [-0.05, 0) is 110 Å². The molecule has 39 heteroatoms. The van der Waals surface area contributed by atoms with Crippen LogP contribution in [-0.4, -0.2) is 198 Å². The third-order valence-corrected chi connectivity index (χ3v) is 18.9. The Hall–Kier alpha value is -9.90. The van der Waals surface area contributed by atoms with Gasteiger partial charge in [0.25, 0.3) is 0 Å². The number of aliphatic hydroxyl groups excluding tert-OH is 5. The number of nitrogens with one attached hydrogen (secondary N) is 8. The van der Waals surface area contributed by atoms with Crippen molar-refractivity contribution in [3.05, 3.63) is 117 Å². The number of aliphatic carboxylic acids is 1. The Kier molecular flexibility index (Phi) is 23.7. The van der Waals surface area contributed by atoms with Crippen molar-refractivity contribution < 1.29 is 131 Å². The van der Waals surface area contributed by atoms with E-state index in [0.29, 0.717) is 0 Å². The van der Waals surface area contributed by atoms with Crippen LogP contribution in [0.25, 0.3) is 11.1 Å². The highest BCUT2D eigenvalue weighted by Gasteiger charge is 2.52. The number of aliphatic hydroxyl groups is 5. The maximum absolute atomic E-state index is 16.1. The Morgan fingerprint density at radius 2 is 1.32 bits per heavy atom. The number of amides is 8. The number of aromatic hydroxyl groups is 3. The SMILES string of the molecule is CN[C@H](CC(C)C)C(=O)N[C@H]1C(=O)N[C@@H](CC(N)=O)C(=O)NC2C(=O)NC3C(=O)N[C@H](C(=O)N[C@@H](C(=O)O)c4cc(O)cc(O)c4-c4cc3ccc4O)[C@H](O)c3ccc(c(Cl)c3)Oc3cc2cc(c3OC2OC(CNC(=O)C(F)(F)F)C(O)C(O)C2OC2CC(C)(N)C(O)C(C)O2)Oc2ccc(cc2Cl)[C@H]1O. The van der Waals surface area contributed by atoms with Crippen LogP contribution >= 0.6 is 23.2 Å². The van der Waals surface area contributed by atoms with Crippen LogP contribution in [0.3, 0.4) is 0 Å². The number of halogens is 5. The van der Waals surface area contributed by atoms with Gasteiger partial charge in [0, 0.05) is 41.3 Å². The van der Waals surface area contributed by atoms with Gasteiger partial charge in [-0.1, -0.05) is 55.2 Å². The lowest BCUT2D eigenvalue weighted by atomic mass is 9.86. The van der Waals surface area contributed by atoms with E-state index in [9.17, 15) is 87.9 Å². The molecule has 0 aliphatic carbocycles. The second-order valence-electron chi connectivity index (χ2n) is 26.7. The summed E-state index contributed by atoms with van der Waals surface area (Å²) in [5.41, 5.74) is 7.39. The molecule has 0 spiro atoms. The number of carbonyl (C=O) groups excluding carboxylic acids is 8. The number of phenols is 3. The Balaban J connectivity index is 1.25. The fourth-order valence-electron chi connectivity index (χ4n) is 12.8. The highest BCUT2D eigenvalue weighted by molar-refractivity contribution is 6.32. The zero-order valence-corrected chi connectivity index (χ0v) is 58.4. The molecule has 576 valence electrons. The quantitative estimate of drug-likeness (QED) is 0.0731. The van der Waals surface area contributed by atoms with Crippen molar-refractivity contribution >= 4 is 76.4 Å². The fraction of sp³-hybridized carbons (Fsp3) is 0.426. The van der Waals surface area contributed by atoms with E-state index in [2.05, 4.69) is 37.2 Å². The highest BCUT2D eigenvalue weighted by atomic mass is 35.5. The molecule has 0 aromatic heterocycles. The molecule has 18 atom stereocenters. The number of ether oxygens (including phenoxy) is 6. The van der Waals surface area contributed by atoms with Gasteiger partial charge >= 0.3 is 18.1 Å². The van der Waals surface area contributed by atoms with Crippen molar-refractivity contribution in [1.82, 2.24) is 42.5 Å². The van der Waals surface area contributed by atoms with Gasteiger partial charge in [-0.15, -0.1) is 0 Å². The number of likely N-dealkylation sites (N-methyl/N-ethyl adjacent to an activating group) is 1. The highest BCUT2D eigenvalue weighted by Crippen LogP contribution is 2.50. The Bertz CT molecular complexity index is 4330. The number of primary amides is 1. The zero-order chi connectivity index (χ0) is 78.3. The number of hydrogen-bond acceptors (Lipinski definition) is 25. The molecule has 8 amide bonds. The largest absolute Gasteiger partial charge is 0.508 e. The van der Waals surface area contributed by atoms with Crippen LogP contribution in [0.1, 0.15) is 105 Å². The summed E-state index contributed by atoms with van der Waals surface area (Å²) in [5.74, 6) is -19.9. The van der Waals surface area contributed by atoms with Crippen LogP contribution in [0.5, 0.6) is 46.0 Å². The van der Waals surface area contributed by atoms with Gasteiger partial charge in [-0.25, -0.2) is 4.79 Å². The summed E-state index contributed by atoms with van der Waals surface area (Å²) in [6.45, 7) is 5.17. The van der Waals surface area contributed by atoms with Crippen molar-refractivity contribution in [2.75, 3.05) is 13.6 Å². The van der Waals surface area contributed by atoms with Gasteiger partial charge in [-0.3, -0.25) is 38.4 Å². The van der Waals surface area contributed by atoms with E-state index in [-0.39, 0.29) is 29.9 Å². The van der Waals surface area contributed by atoms with Crippen LogP contribution in [0.4, 0.5) is 13.2 Å². The number of alkyl halides is 3. The fourth-order valence-corrected chi connectivity index (χ4v) is 13.3. The monoisotopic (exact) mass is 1540 g/mol. The van der Waals surface area contributed by atoms with Crippen molar-refractivity contribution in [3.8, 4) is 57.1 Å². The predicted octanol–water partition coefficient (Wildman–Crippen LogP) is 0.792. The van der Waals surface area contributed by atoms with Crippen LogP contribution in [0, 0.1) is 5.92 Å². The minimum atomic E-state index is -5.51. The summed E-state index contributed by atoms with van der Waals surface area (Å²) in [4.78, 5) is 129. The maximum atomic E-state index is 16.1. The number of rotatable bonds is 14. The number of carbonyl (C=O) groups is 9. The Labute approximate surface area is 614 Å². The molecule has 34 nitrogen and oxygen atoms in total. The van der Waals surface area contributed by atoms with E-state index in [1.807, 2.05) is 0 Å². The lowest BCUT2D eigenvalue weighted by Crippen LogP contribution is -2.65. The molecule has 7 aliphatic heterocycles. The van der Waals surface area contributed by atoms with E-state index in [0.717, 1.165) is 78.9 Å². The van der Waals surface area contributed by atoms with E-state index < -0.39 is 265 Å². The average Bonchev–Trinajstić information content (AvgIpc) is 0.771. The standard InChI is InChI=1S/C68H75Cl2F3N10O24/c1-23(2)12-34(76-5)58(93)82-49-51(88)26-7-10-38(32(69)14-26)103-40-16-28-17-41(55(40)107-65-56(106-44-21-67(4,75)57(92)24(3)102-44)54(91)53(90)42(105-65)22-77-66(101)68(71,72)73)104-39-11-8-27(15-33(39)70)52(89)50-63(98)81-48(64(99)100)31-18-29(84)19-37(86)45(31)30-13-25(6-9-36(30)85)46(60(95)83-50)80-61(96)47(28)79-59(94)35(20-43(74)87)78-62(49)97/h6-11,13-19,23-24,34-35,42,44,46-54,56-57,65,76,84-86,88-92H,12,20-22,75H2,1-5H3,(H2,74,87)(H,77,101)(H,78,97)(H,79,94)(H,80,96)(H,81,98)(H,82,93)(H,83,95)(H,99,100)/t24?,34-,35+,42?,44?,46?,47?,48-,49-,50+,51-,52-,53?,54?,56?,57?,65?,67?/m1/s1. The van der Waals surface area contributed by atoms with Gasteiger partial charge < -0.3 is 128 Å². The number of phenolic OH excluding ortho intramolecular Hbond substituents is 3. The topological polar surface area (TPSA) is 539 Å². The molecule has 11 unspecified atom stereocenters. The summed E-state index contributed by atoms with van der Waals surface area (Å²) in [6.07, 6.45) is -26.5. The van der Waals surface area contributed by atoms with Crippen LogP contribution in [-0.2, 0) is 57.4 Å². The second-order valence-corrected chi connectivity index (χ2v) is 27.6. The van der Waals surface area contributed by atoms with E-state index in [1.54, 1.807) is 19.2 Å². The molecule has 5 aromatic rings. The lowest BCUT2D eigenvalue weighted by molar-refractivity contribution is -0.330. The first-order chi connectivity index (χ1) is 50.2. The lowest BCUT2D eigenvalue weighted by Gasteiger charge is -2.47. The second kappa shape index (κ2) is 31.9. The first-order valence-electron chi connectivity index (χ1n) is 32.9. The summed E-state index contributed by atoms with van der Waals surface area (Å²) in [5, 5.41) is 122. The molecule has 107 heavy (non-hydrogen) atoms. The third-order valence-electron chi connectivity index (χ3n) is 18.3. The first kappa shape index (κ1) is 79.7. The molecular weight excluding hydrogens is 1470 g/mol. The minimum absolute atomic E-state index is 0.139. The van der Waals surface area contributed by atoms with Gasteiger partial charge in [0.2, 0.25) is 53.4 Å². The molecular formula is C68H75Cl2F3N10O24. The molecule has 21 N–H and O–H groups in total. The normalized spacial score (nSPS) is 28.6. The number of hydrogen-bond donors (Lipinski definition) is 19. The number of fused-ring (bicyclic) bond motifs is 15. The van der Waals surface area contributed by atoms with Gasteiger partial charge in [0.05, 0.1) is 34.7 Å². The molecule has 7 heterocycles. The molecule has 2 fully saturated rings. The molecule has 0 saturated carbocycles. The van der Waals surface area contributed by atoms with E-state index in [4.69, 9.17) is 63.1 Å². The molecule has 0 radical (unpaired) electrons. The predicted molar refractivity (Wildman–Crippen MR) is 361 cm³/mol. The summed E-state index contributed by atoms with van der Waals surface area (Å²) >= 11 is 14.1.